The summed E-state index contributed by atoms with van der Waals surface area (Å²) < 4.78 is 34.3. The number of benzene rings is 2. The van der Waals surface area contributed by atoms with E-state index < -0.39 is 10.0 Å². The highest BCUT2D eigenvalue weighted by atomic mass is 32.2. The molecule has 1 amide bonds. The van der Waals surface area contributed by atoms with Gasteiger partial charge in [0.2, 0.25) is 5.91 Å². The van der Waals surface area contributed by atoms with E-state index in [2.05, 4.69) is 9.71 Å². The Kier molecular flexibility index (Phi) is 6.25. The fourth-order valence-electron chi connectivity index (χ4n) is 2.78. The van der Waals surface area contributed by atoms with E-state index in [0.717, 1.165) is 11.8 Å². The lowest BCUT2D eigenvalue weighted by Crippen LogP contribution is -2.34. The number of thioether (sulfide) groups is 1. The van der Waals surface area contributed by atoms with Gasteiger partial charge in [-0.1, -0.05) is 36.0 Å². The molecule has 1 aliphatic heterocycles. The SMILES string of the molecule is CCOc1ccccc1NC(=O)CSC1=NS(=O)(=O)c2ccccc2N1CC. The topological polar surface area (TPSA) is 88.1 Å². The lowest BCUT2D eigenvalue weighted by atomic mass is 10.3. The molecule has 0 radical (unpaired) electrons. The number of amidine groups is 1. The Labute approximate surface area is 168 Å². The van der Waals surface area contributed by atoms with Crippen LogP contribution in [-0.4, -0.2) is 38.4 Å². The standard InChI is InChI=1S/C19H21N3O4S2/c1-3-22-15-10-6-8-12-17(15)28(24,25)21-19(22)27-13-18(23)20-14-9-5-7-11-16(14)26-4-2/h5-12H,3-4,13H2,1-2H3,(H,20,23). The summed E-state index contributed by atoms with van der Waals surface area (Å²) in [5, 5.41) is 3.09. The van der Waals surface area contributed by atoms with E-state index >= 15 is 0 Å². The molecule has 0 bridgehead atoms. The molecule has 3 rings (SSSR count). The van der Waals surface area contributed by atoms with Gasteiger partial charge >= 0.3 is 0 Å². The van der Waals surface area contributed by atoms with Gasteiger partial charge in [0.25, 0.3) is 10.0 Å². The van der Waals surface area contributed by atoms with Crippen molar-refractivity contribution in [3.8, 4) is 5.75 Å². The fourth-order valence-corrected chi connectivity index (χ4v) is 5.10. The molecule has 0 aromatic heterocycles. The van der Waals surface area contributed by atoms with E-state index in [-0.39, 0.29) is 21.7 Å². The molecule has 0 aliphatic carbocycles. The van der Waals surface area contributed by atoms with E-state index in [1.807, 2.05) is 19.9 Å². The van der Waals surface area contributed by atoms with E-state index in [9.17, 15) is 13.2 Å². The van der Waals surface area contributed by atoms with Crippen LogP contribution in [-0.2, 0) is 14.8 Å². The van der Waals surface area contributed by atoms with Crippen LogP contribution < -0.4 is 15.0 Å². The monoisotopic (exact) mass is 419 g/mol. The van der Waals surface area contributed by atoms with Crippen LogP contribution in [0.15, 0.2) is 57.8 Å². The summed E-state index contributed by atoms with van der Waals surface area (Å²) in [6.45, 7) is 4.80. The molecule has 0 fully saturated rings. The summed E-state index contributed by atoms with van der Waals surface area (Å²) in [5.41, 5.74) is 1.15. The van der Waals surface area contributed by atoms with Crippen molar-refractivity contribution in [1.29, 1.82) is 0 Å². The van der Waals surface area contributed by atoms with Crippen LogP contribution >= 0.6 is 11.8 Å². The third-order valence-electron chi connectivity index (χ3n) is 3.97. The molecular formula is C19H21N3O4S2. The summed E-state index contributed by atoms with van der Waals surface area (Å²) in [4.78, 5) is 14.4. The number of carbonyl (C=O) groups is 1. The minimum atomic E-state index is -3.78. The van der Waals surface area contributed by atoms with E-state index in [0.29, 0.717) is 30.3 Å². The molecule has 0 unspecified atom stereocenters. The van der Waals surface area contributed by atoms with Crippen molar-refractivity contribution in [3.63, 3.8) is 0 Å². The van der Waals surface area contributed by atoms with Gasteiger partial charge in [0.05, 0.1) is 23.7 Å². The van der Waals surface area contributed by atoms with E-state index in [1.54, 1.807) is 41.3 Å². The predicted molar refractivity (Wildman–Crippen MR) is 113 cm³/mol. The van der Waals surface area contributed by atoms with Gasteiger partial charge in [0.15, 0.2) is 5.17 Å². The summed E-state index contributed by atoms with van der Waals surface area (Å²) in [5.74, 6) is 0.338. The van der Waals surface area contributed by atoms with E-state index in [1.165, 1.54) is 6.07 Å². The van der Waals surface area contributed by atoms with Crippen molar-refractivity contribution in [3.05, 3.63) is 48.5 Å². The second kappa shape index (κ2) is 8.66. The van der Waals surface area contributed by atoms with Gasteiger partial charge < -0.3 is 15.0 Å². The Morgan fingerprint density at radius 1 is 1.14 bits per heavy atom. The molecule has 0 saturated carbocycles. The van der Waals surface area contributed by atoms with Crippen molar-refractivity contribution in [2.24, 2.45) is 4.40 Å². The number of amides is 1. The summed E-state index contributed by atoms with van der Waals surface area (Å²) in [6, 6.07) is 13.9. The number of hydrogen-bond acceptors (Lipinski definition) is 6. The quantitative estimate of drug-likeness (QED) is 0.773. The second-order valence-electron chi connectivity index (χ2n) is 5.83. The number of nitrogens with one attached hydrogen (secondary N) is 1. The van der Waals surface area contributed by atoms with Gasteiger partial charge in [-0.2, -0.15) is 8.42 Å². The highest BCUT2D eigenvalue weighted by molar-refractivity contribution is 8.15. The largest absolute Gasteiger partial charge is 0.492 e. The summed E-state index contributed by atoms with van der Waals surface area (Å²) >= 11 is 1.09. The molecule has 2 aromatic rings. The van der Waals surface area contributed by atoms with Crippen LogP contribution in [0, 0.1) is 0 Å². The molecule has 1 aliphatic rings. The number of hydrogen-bond donors (Lipinski definition) is 1. The normalized spacial score (nSPS) is 14.8. The Bertz CT molecular complexity index is 1010. The number of sulfonamides is 1. The van der Waals surface area contributed by atoms with Crippen LogP contribution in [0.25, 0.3) is 0 Å². The highest BCUT2D eigenvalue weighted by Gasteiger charge is 2.30. The summed E-state index contributed by atoms with van der Waals surface area (Å²) in [7, 11) is -3.78. The fraction of sp³-hybridized carbons (Fsp3) is 0.263. The minimum absolute atomic E-state index is 0.0213. The van der Waals surface area contributed by atoms with Crippen LogP contribution in [0.1, 0.15) is 13.8 Å². The zero-order chi connectivity index (χ0) is 20.1. The Morgan fingerprint density at radius 3 is 2.61 bits per heavy atom. The average Bonchev–Trinajstić information content (AvgIpc) is 2.68. The maximum atomic E-state index is 12.5. The van der Waals surface area contributed by atoms with Crippen molar-refractivity contribution in [2.45, 2.75) is 18.7 Å². The molecule has 2 aromatic carbocycles. The number of anilines is 2. The third-order valence-corrected chi connectivity index (χ3v) is 6.38. The number of ether oxygens (including phenoxy) is 1. The molecule has 0 atom stereocenters. The maximum absolute atomic E-state index is 12.5. The van der Waals surface area contributed by atoms with Gasteiger partial charge in [0.1, 0.15) is 10.6 Å². The van der Waals surface area contributed by atoms with Crippen LogP contribution in [0.4, 0.5) is 11.4 Å². The first-order chi connectivity index (χ1) is 13.5. The van der Waals surface area contributed by atoms with Gasteiger partial charge in [0, 0.05) is 6.54 Å². The Balaban J connectivity index is 1.74. The van der Waals surface area contributed by atoms with Crippen molar-refractivity contribution in [2.75, 3.05) is 29.1 Å². The Hall–Kier alpha value is -2.52. The zero-order valence-corrected chi connectivity index (χ0v) is 17.2. The average molecular weight is 420 g/mol. The van der Waals surface area contributed by atoms with Gasteiger partial charge in [-0.15, -0.1) is 4.40 Å². The minimum Gasteiger partial charge on any atom is -0.492 e. The van der Waals surface area contributed by atoms with Crippen LogP contribution in [0.5, 0.6) is 5.75 Å². The molecule has 0 saturated heterocycles. The molecule has 1 heterocycles. The van der Waals surface area contributed by atoms with Crippen molar-refractivity contribution < 1.29 is 17.9 Å². The van der Waals surface area contributed by atoms with E-state index in [4.69, 9.17) is 4.74 Å². The Morgan fingerprint density at radius 2 is 1.86 bits per heavy atom. The zero-order valence-electron chi connectivity index (χ0n) is 15.6. The highest BCUT2D eigenvalue weighted by Crippen LogP contribution is 2.34. The number of rotatable bonds is 6. The third kappa shape index (κ3) is 4.31. The predicted octanol–water partition coefficient (Wildman–Crippen LogP) is 3.34. The smallest absolute Gasteiger partial charge is 0.286 e. The number of para-hydroxylation sites is 3. The van der Waals surface area contributed by atoms with Crippen LogP contribution in [0.2, 0.25) is 0 Å². The lowest BCUT2D eigenvalue weighted by molar-refractivity contribution is -0.113. The number of carbonyl (C=O) groups excluding carboxylic acids is 1. The molecule has 9 heteroatoms. The molecular weight excluding hydrogens is 398 g/mol. The first-order valence-electron chi connectivity index (χ1n) is 8.82. The summed E-state index contributed by atoms with van der Waals surface area (Å²) in [6.07, 6.45) is 0. The molecule has 7 nitrogen and oxygen atoms in total. The van der Waals surface area contributed by atoms with Gasteiger partial charge in [-0.3, -0.25) is 4.79 Å². The lowest BCUT2D eigenvalue weighted by Gasteiger charge is -2.29. The van der Waals surface area contributed by atoms with Gasteiger partial charge in [-0.05, 0) is 38.1 Å². The first-order valence-corrected chi connectivity index (χ1v) is 11.2. The first kappa shape index (κ1) is 20.2. The van der Waals surface area contributed by atoms with Crippen molar-refractivity contribution in [1.82, 2.24) is 0 Å². The van der Waals surface area contributed by atoms with Gasteiger partial charge in [-0.25, -0.2) is 0 Å². The van der Waals surface area contributed by atoms with Crippen molar-refractivity contribution >= 4 is 44.2 Å². The molecule has 0 spiro atoms. The molecule has 148 valence electrons. The van der Waals surface area contributed by atoms with Crippen LogP contribution in [0.3, 0.4) is 0 Å². The number of fused-ring (bicyclic) bond motifs is 1. The molecule has 28 heavy (non-hydrogen) atoms. The number of nitrogens with zero attached hydrogens (tertiary/aromatic N) is 2. The second-order valence-corrected chi connectivity index (χ2v) is 8.34. The molecule has 1 N–H and O–H groups in total. The maximum Gasteiger partial charge on any atom is 0.286 e.